The number of fused-ring (bicyclic) bond motifs is 1. The van der Waals surface area contributed by atoms with Gasteiger partial charge in [-0.1, -0.05) is 48.0 Å². The second-order valence-corrected chi connectivity index (χ2v) is 9.75. The van der Waals surface area contributed by atoms with Crippen LogP contribution < -0.4 is 0 Å². The largest absolute Gasteiger partial charge is 0.507 e. The lowest BCUT2D eigenvalue weighted by atomic mass is 9.99. The lowest BCUT2D eigenvalue weighted by Gasteiger charge is -2.12. The Labute approximate surface area is 236 Å². The molecule has 208 valence electrons. The Kier molecular flexibility index (Phi) is 6.96. The molecule has 0 saturated carbocycles. The molecule has 41 heavy (non-hydrogen) atoms. The van der Waals surface area contributed by atoms with E-state index in [4.69, 9.17) is 11.6 Å². The van der Waals surface area contributed by atoms with Gasteiger partial charge in [-0.3, -0.25) is 4.57 Å². The fraction of sp³-hybridized carbons (Fsp3) is 0.100. The summed E-state index contributed by atoms with van der Waals surface area (Å²) in [5, 5.41) is 39.3. The zero-order valence-electron chi connectivity index (χ0n) is 21.5. The quantitative estimate of drug-likeness (QED) is 0.180. The van der Waals surface area contributed by atoms with Crippen molar-refractivity contribution in [2.45, 2.75) is 20.0 Å². The summed E-state index contributed by atoms with van der Waals surface area (Å²) in [6.45, 7) is 3.69. The molecule has 4 aromatic carbocycles. The zero-order valence-corrected chi connectivity index (χ0v) is 22.3. The van der Waals surface area contributed by atoms with Crippen LogP contribution in [0.4, 0.5) is 24.5 Å². The summed E-state index contributed by atoms with van der Waals surface area (Å²) < 4.78 is 42.6. The zero-order chi connectivity index (χ0) is 29.6. The number of alkyl halides is 3. The van der Waals surface area contributed by atoms with Crippen LogP contribution >= 0.6 is 11.6 Å². The fourth-order valence-corrected chi connectivity index (χ4v) is 4.83. The standard InChI is InChI=1S/C30H21ClF3N3O4/c1-15-10-11-17(12-16(15)2)37-24-14-22(30(32,33)34)23(31)13-21(24)27(28(37)39)36-35-26-19(7-5-8-20(26)29(40)41)18-6-3-4-9-25(18)38/h3-14,38-39H,1-2H3,(H,40,41). The summed E-state index contributed by atoms with van der Waals surface area (Å²) >= 11 is 6.03. The third kappa shape index (κ3) is 4.98. The van der Waals surface area contributed by atoms with Crippen molar-refractivity contribution in [1.29, 1.82) is 0 Å². The van der Waals surface area contributed by atoms with Gasteiger partial charge in [0.15, 0.2) is 5.69 Å². The highest BCUT2D eigenvalue weighted by Crippen LogP contribution is 2.47. The number of phenols is 1. The number of rotatable bonds is 5. The number of aromatic carboxylic acids is 1. The Hall–Kier alpha value is -4.83. The van der Waals surface area contributed by atoms with Crippen molar-refractivity contribution >= 4 is 39.8 Å². The molecule has 0 unspecified atom stereocenters. The Morgan fingerprint density at radius 3 is 2.20 bits per heavy atom. The Balaban J connectivity index is 1.80. The first-order chi connectivity index (χ1) is 19.4. The second kappa shape index (κ2) is 10.3. The van der Waals surface area contributed by atoms with Gasteiger partial charge in [-0.05, 0) is 61.4 Å². The van der Waals surface area contributed by atoms with Crippen LogP contribution in [0.5, 0.6) is 11.6 Å². The third-order valence-electron chi connectivity index (χ3n) is 6.77. The van der Waals surface area contributed by atoms with Crippen LogP contribution in [0.3, 0.4) is 0 Å². The van der Waals surface area contributed by atoms with Crippen molar-refractivity contribution in [3.8, 4) is 28.4 Å². The molecule has 0 amide bonds. The van der Waals surface area contributed by atoms with E-state index in [2.05, 4.69) is 10.2 Å². The normalized spacial score (nSPS) is 12.0. The number of aromatic nitrogens is 1. The number of aryl methyl sites for hydroxylation is 2. The number of halogens is 4. The van der Waals surface area contributed by atoms with Crippen LogP contribution in [-0.2, 0) is 6.18 Å². The van der Waals surface area contributed by atoms with E-state index in [1.165, 1.54) is 22.8 Å². The molecule has 0 bridgehead atoms. The van der Waals surface area contributed by atoms with E-state index in [9.17, 15) is 33.3 Å². The number of benzene rings is 4. The minimum absolute atomic E-state index is 0.0381. The Bertz CT molecular complexity index is 1880. The van der Waals surface area contributed by atoms with Crippen molar-refractivity contribution in [1.82, 2.24) is 4.57 Å². The average molecular weight is 580 g/mol. The number of hydrogen-bond acceptors (Lipinski definition) is 5. The summed E-state index contributed by atoms with van der Waals surface area (Å²) in [7, 11) is 0. The summed E-state index contributed by atoms with van der Waals surface area (Å²) in [6, 6.07) is 17.5. The molecule has 0 atom stereocenters. The van der Waals surface area contributed by atoms with Crippen LogP contribution in [0.25, 0.3) is 27.7 Å². The molecule has 5 rings (SSSR count). The molecule has 0 fully saturated rings. The first kappa shape index (κ1) is 27.7. The van der Waals surface area contributed by atoms with Crippen molar-refractivity contribution in [3.63, 3.8) is 0 Å². The van der Waals surface area contributed by atoms with Crippen LogP contribution in [0.1, 0.15) is 27.0 Å². The van der Waals surface area contributed by atoms with Crippen molar-refractivity contribution in [3.05, 3.63) is 100 Å². The molecule has 0 aliphatic rings. The molecular formula is C30H21ClF3N3O4. The first-order valence-electron chi connectivity index (χ1n) is 12.2. The fourth-order valence-electron chi connectivity index (χ4n) is 4.56. The van der Waals surface area contributed by atoms with Gasteiger partial charge >= 0.3 is 12.1 Å². The highest BCUT2D eigenvalue weighted by Gasteiger charge is 2.35. The molecule has 7 nitrogen and oxygen atoms in total. The molecule has 0 saturated heterocycles. The maximum absolute atomic E-state index is 13.8. The van der Waals surface area contributed by atoms with Gasteiger partial charge < -0.3 is 15.3 Å². The van der Waals surface area contributed by atoms with E-state index >= 15 is 0 Å². The maximum Gasteiger partial charge on any atom is 0.417 e. The number of aromatic hydroxyl groups is 2. The van der Waals surface area contributed by atoms with Gasteiger partial charge in [0.05, 0.1) is 21.7 Å². The SMILES string of the molecule is Cc1ccc(-n2c(O)c(N=Nc3c(C(=O)O)cccc3-c3ccccc3O)c3cc(Cl)c(C(F)(F)F)cc32)cc1C. The maximum atomic E-state index is 13.8. The molecule has 0 radical (unpaired) electrons. The molecule has 11 heteroatoms. The number of carbonyl (C=O) groups is 1. The smallest absolute Gasteiger partial charge is 0.417 e. The highest BCUT2D eigenvalue weighted by atomic mass is 35.5. The Morgan fingerprint density at radius 2 is 1.54 bits per heavy atom. The average Bonchev–Trinajstić information content (AvgIpc) is 3.18. The summed E-state index contributed by atoms with van der Waals surface area (Å²) in [5.41, 5.74) is 0.913. The van der Waals surface area contributed by atoms with Crippen molar-refractivity contribution in [2.24, 2.45) is 10.2 Å². The molecule has 1 heterocycles. The topological polar surface area (TPSA) is 107 Å². The number of carboxylic acids is 1. The number of nitrogens with zero attached hydrogens (tertiary/aromatic N) is 3. The number of para-hydroxylation sites is 1. The van der Waals surface area contributed by atoms with Crippen LogP contribution in [0, 0.1) is 13.8 Å². The second-order valence-electron chi connectivity index (χ2n) is 9.35. The number of phenolic OH excluding ortho intramolecular Hbond substituents is 1. The van der Waals surface area contributed by atoms with Gasteiger partial charge in [0.2, 0.25) is 5.88 Å². The summed E-state index contributed by atoms with van der Waals surface area (Å²) in [4.78, 5) is 12.1. The van der Waals surface area contributed by atoms with Crippen molar-refractivity contribution in [2.75, 3.05) is 0 Å². The van der Waals surface area contributed by atoms with Crippen LogP contribution in [0.15, 0.2) is 83.0 Å². The predicted molar refractivity (Wildman–Crippen MR) is 149 cm³/mol. The first-order valence-corrected chi connectivity index (χ1v) is 12.5. The van der Waals surface area contributed by atoms with E-state index in [1.54, 1.807) is 42.5 Å². The van der Waals surface area contributed by atoms with Gasteiger partial charge in [0.1, 0.15) is 11.4 Å². The Morgan fingerprint density at radius 1 is 0.854 bits per heavy atom. The molecule has 0 spiro atoms. The molecule has 3 N–H and O–H groups in total. The minimum Gasteiger partial charge on any atom is -0.507 e. The molecular weight excluding hydrogens is 559 g/mol. The van der Waals surface area contributed by atoms with E-state index in [0.717, 1.165) is 23.3 Å². The van der Waals surface area contributed by atoms with Crippen molar-refractivity contribution < 1.29 is 33.3 Å². The van der Waals surface area contributed by atoms with E-state index in [-0.39, 0.29) is 44.7 Å². The lowest BCUT2D eigenvalue weighted by molar-refractivity contribution is -0.137. The number of azo groups is 1. The predicted octanol–water partition coefficient (Wildman–Crippen LogP) is 9.11. The van der Waals surface area contributed by atoms with E-state index < -0.39 is 28.6 Å². The van der Waals surface area contributed by atoms with Gasteiger partial charge in [0, 0.05) is 22.2 Å². The highest BCUT2D eigenvalue weighted by molar-refractivity contribution is 6.32. The number of hydrogen-bond donors (Lipinski definition) is 3. The third-order valence-corrected chi connectivity index (χ3v) is 7.08. The van der Waals surface area contributed by atoms with Gasteiger partial charge in [-0.25, -0.2) is 4.79 Å². The molecule has 0 aliphatic carbocycles. The molecule has 0 aliphatic heterocycles. The lowest BCUT2D eigenvalue weighted by Crippen LogP contribution is -2.06. The summed E-state index contributed by atoms with van der Waals surface area (Å²) in [6.07, 6.45) is -4.77. The molecule has 1 aromatic heterocycles. The number of carboxylic acid groups (broad SMARTS) is 1. The monoisotopic (exact) mass is 579 g/mol. The van der Waals surface area contributed by atoms with Gasteiger partial charge in [-0.2, -0.15) is 13.2 Å². The van der Waals surface area contributed by atoms with Crippen LogP contribution in [0.2, 0.25) is 5.02 Å². The van der Waals surface area contributed by atoms with Gasteiger partial charge in [0.25, 0.3) is 0 Å². The molecule has 5 aromatic rings. The van der Waals surface area contributed by atoms with Crippen LogP contribution in [-0.4, -0.2) is 25.9 Å². The van der Waals surface area contributed by atoms with E-state index in [0.29, 0.717) is 5.69 Å². The minimum atomic E-state index is -4.77. The summed E-state index contributed by atoms with van der Waals surface area (Å²) in [5.74, 6) is -1.98. The van der Waals surface area contributed by atoms with Gasteiger partial charge in [-0.15, -0.1) is 10.2 Å². The van der Waals surface area contributed by atoms with E-state index in [1.807, 2.05) is 13.8 Å².